The minimum absolute atomic E-state index is 0.117. The summed E-state index contributed by atoms with van der Waals surface area (Å²) < 4.78 is 59.7. The summed E-state index contributed by atoms with van der Waals surface area (Å²) in [6.07, 6.45) is 2.72. The number of nitrogens with zero attached hydrogens (tertiary/aromatic N) is 1. The number of sulfonamides is 1. The molecule has 1 aliphatic heterocycles. The molecule has 1 fully saturated rings. The molecular weight excluding hydrogens is 386 g/mol. The van der Waals surface area contributed by atoms with Crippen LogP contribution in [0.1, 0.15) is 31.7 Å². The van der Waals surface area contributed by atoms with Crippen LogP contribution in [0, 0.1) is 11.6 Å². The first-order chi connectivity index (χ1) is 13.4. The second kappa shape index (κ2) is 8.87. The summed E-state index contributed by atoms with van der Waals surface area (Å²) in [5, 5.41) is 3.06. The quantitative estimate of drug-likeness (QED) is 0.745. The van der Waals surface area contributed by atoms with Crippen molar-refractivity contribution in [1.29, 1.82) is 0 Å². The molecule has 2 aromatic rings. The van der Waals surface area contributed by atoms with Gasteiger partial charge in [-0.1, -0.05) is 12.5 Å². The van der Waals surface area contributed by atoms with E-state index in [-0.39, 0.29) is 11.4 Å². The van der Waals surface area contributed by atoms with Crippen LogP contribution in [0.3, 0.4) is 0 Å². The van der Waals surface area contributed by atoms with E-state index in [0.29, 0.717) is 36.7 Å². The summed E-state index contributed by atoms with van der Waals surface area (Å²) >= 11 is 0. The second-order valence-electron chi connectivity index (χ2n) is 6.66. The van der Waals surface area contributed by atoms with Gasteiger partial charge in [-0.2, -0.15) is 4.31 Å². The molecular formula is C20H24F2N2O3S. The lowest BCUT2D eigenvalue weighted by Crippen LogP contribution is -2.35. The Morgan fingerprint density at radius 3 is 2.46 bits per heavy atom. The number of hydrogen-bond acceptors (Lipinski definition) is 4. The van der Waals surface area contributed by atoms with Crippen molar-refractivity contribution in [2.24, 2.45) is 0 Å². The molecule has 1 saturated heterocycles. The van der Waals surface area contributed by atoms with Gasteiger partial charge in [0.1, 0.15) is 10.6 Å². The largest absolute Gasteiger partial charge is 0.492 e. The van der Waals surface area contributed by atoms with Gasteiger partial charge < -0.3 is 10.1 Å². The maximum absolute atomic E-state index is 13.4. The number of anilines is 1. The van der Waals surface area contributed by atoms with Crippen molar-refractivity contribution >= 4 is 15.7 Å². The fraction of sp³-hybridized carbons (Fsp3) is 0.400. The molecule has 0 amide bonds. The Labute approximate surface area is 164 Å². The van der Waals surface area contributed by atoms with Crippen LogP contribution in [0.15, 0.2) is 41.3 Å². The first kappa shape index (κ1) is 20.5. The van der Waals surface area contributed by atoms with Gasteiger partial charge in [-0.3, -0.25) is 0 Å². The molecule has 3 rings (SSSR count). The number of nitrogens with one attached hydrogen (secondary N) is 1. The van der Waals surface area contributed by atoms with Gasteiger partial charge in [0.25, 0.3) is 0 Å². The van der Waals surface area contributed by atoms with Gasteiger partial charge in [-0.05, 0) is 55.7 Å². The van der Waals surface area contributed by atoms with Crippen LogP contribution in [0.5, 0.6) is 5.75 Å². The molecule has 1 heterocycles. The number of benzene rings is 2. The summed E-state index contributed by atoms with van der Waals surface area (Å²) in [6.45, 7) is 3.38. The van der Waals surface area contributed by atoms with Crippen LogP contribution in [-0.4, -0.2) is 32.4 Å². The first-order valence-corrected chi connectivity index (χ1v) is 10.8. The average Bonchev–Trinajstić information content (AvgIpc) is 2.70. The third kappa shape index (κ3) is 4.62. The van der Waals surface area contributed by atoms with E-state index in [1.165, 1.54) is 16.4 Å². The molecule has 0 saturated carbocycles. The smallest absolute Gasteiger partial charge is 0.246 e. The van der Waals surface area contributed by atoms with Crippen LogP contribution in [0.25, 0.3) is 0 Å². The average molecular weight is 410 g/mol. The van der Waals surface area contributed by atoms with Crippen molar-refractivity contribution < 1.29 is 21.9 Å². The van der Waals surface area contributed by atoms with Crippen LogP contribution in [-0.2, 0) is 16.6 Å². The Bertz CT molecular complexity index is 929. The molecule has 0 atom stereocenters. The van der Waals surface area contributed by atoms with E-state index in [1.54, 1.807) is 19.1 Å². The van der Waals surface area contributed by atoms with Crippen LogP contribution in [0.2, 0.25) is 0 Å². The number of hydrogen-bond donors (Lipinski definition) is 1. The number of rotatable bonds is 7. The standard InChI is InChI=1S/C20H24F2N2O3S/c1-2-27-19-9-7-16(23-14-15-6-8-17(21)18(22)12-15)13-20(19)28(25,26)24-10-4-3-5-11-24/h6-9,12-13,23H,2-5,10-11,14H2,1H3. The summed E-state index contributed by atoms with van der Waals surface area (Å²) in [4.78, 5) is 0.117. The predicted molar refractivity (Wildman–Crippen MR) is 104 cm³/mol. The summed E-state index contributed by atoms with van der Waals surface area (Å²) in [6, 6.07) is 8.52. The number of halogens is 2. The highest BCUT2D eigenvalue weighted by atomic mass is 32.2. The topological polar surface area (TPSA) is 58.6 Å². The van der Waals surface area contributed by atoms with E-state index in [2.05, 4.69) is 5.32 Å². The van der Waals surface area contributed by atoms with Gasteiger partial charge in [-0.15, -0.1) is 0 Å². The molecule has 5 nitrogen and oxygen atoms in total. The van der Waals surface area contributed by atoms with Crippen molar-refractivity contribution in [2.45, 2.75) is 37.6 Å². The number of ether oxygens (including phenoxy) is 1. The fourth-order valence-electron chi connectivity index (χ4n) is 3.19. The summed E-state index contributed by atoms with van der Waals surface area (Å²) in [7, 11) is -3.67. The predicted octanol–water partition coefficient (Wildman–Crippen LogP) is 4.15. The van der Waals surface area contributed by atoms with Gasteiger partial charge in [-0.25, -0.2) is 17.2 Å². The normalized spacial score (nSPS) is 15.4. The van der Waals surface area contributed by atoms with Gasteiger partial charge in [0.05, 0.1) is 6.61 Å². The Balaban J connectivity index is 1.85. The molecule has 8 heteroatoms. The highest BCUT2D eigenvalue weighted by Crippen LogP contribution is 2.31. The first-order valence-electron chi connectivity index (χ1n) is 9.36. The fourth-order valence-corrected chi connectivity index (χ4v) is 4.87. The summed E-state index contributed by atoms with van der Waals surface area (Å²) in [5.74, 6) is -1.51. The maximum atomic E-state index is 13.4. The molecule has 0 aromatic heterocycles. The lowest BCUT2D eigenvalue weighted by molar-refractivity contribution is 0.323. The van der Waals surface area contributed by atoms with Crippen molar-refractivity contribution in [3.05, 3.63) is 53.6 Å². The van der Waals surface area contributed by atoms with E-state index in [4.69, 9.17) is 4.74 Å². The van der Waals surface area contributed by atoms with E-state index in [0.717, 1.165) is 31.4 Å². The zero-order chi connectivity index (χ0) is 20.1. The van der Waals surface area contributed by atoms with Crippen molar-refractivity contribution in [3.63, 3.8) is 0 Å². The molecule has 0 spiro atoms. The molecule has 2 aromatic carbocycles. The van der Waals surface area contributed by atoms with Crippen LogP contribution < -0.4 is 10.1 Å². The maximum Gasteiger partial charge on any atom is 0.246 e. The minimum Gasteiger partial charge on any atom is -0.492 e. The van der Waals surface area contributed by atoms with Crippen molar-refractivity contribution in [2.75, 3.05) is 25.0 Å². The van der Waals surface area contributed by atoms with E-state index in [9.17, 15) is 17.2 Å². The molecule has 0 bridgehead atoms. The molecule has 0 unspecified atom stereocenters. The van der Waals surface area contributed by atoms with E-state index >= 15 is 0 Å². The molecule has 0 radical (unpaired) electrons. The Hall–Kier alpha value is -2.19. The van der Waals surface area contributed by atoms with Crippen molar-refractivity contribution in [1.82, 2.24) is 4.31 Å². The summed E-state index contributed by atoms with van der Waals surface area (Å²) in [5.41, 5.74) is 1.11. The molecule has 1 aliphatic rings. The van der Waals surface area contributed by atoms with E-state index in [1.807, 2.05) is 0 Å². The molecule has 1 N–H and O–H groups in total. The third-order valence-electron chi connectivity index (χ3n) is 4.66. The number of piperidine rings is 1. The van der Waals surface area contributed by atoms with Crippen LogP contribution >= 0.6 is 0 Å². The SMILES string of the molecule is CCOc1ccc(NCc2ccc(F)c(F)c2)cc1S(=O)(=O)N1CCCCC1. The van der Waals surface area contributed by atoms with Crippen molar-refractivity contribution in [3.8, 4) is 5.75 Å². The Morgan fingerprint density at radius 2 is 1.79 bits per heavy atom. The monoisotopic (exact) mass is 410 g/mol. The van der Waals surface area contributed by atoms with Gasteiger partial charge >= 0.3 is 0 Å². The molecule has 152 valence electrons. The Morgan fingerprint density at radius 1 is 1.04 bits per heavy atom. The van der Waals surface area contributed by atoms with Gasteiger partial charge in [0.2, 0.25) is 10.0 Å². The lowest BCUT2D eigenvalue weighted by atomic mass is 10.2. The highest BCUT2D eigenvalue weighted by Gasteiger charge is 2.29. The second-order valence-corrected chi connectivity index (χ2v) is 8.57. The Kier molecular flexibility index (Phi) is 6.51. The van der Waals surface area contributed by atoms with Crippen LogP contribution in [0.4, 0.5) is 14.5 Å². The van der Waals surface area contributed by atoms with Gasteiger partial charge in [0.15, 0.2) is 11.6 Å². The zero-order valence-corrected chi connectivity index (χ0v) is 16.6. The molecule has 0 aliphatic carbocycles. The zero-order valence-electron chi connectivity index (χ0n) is 15.7. The molecule has 28 heavy (non-hydrogen) atoms. The van der Waals surface area contributed by atoms with E-state index < -0.39 is 21.7 Å². The minimum atomic E-state index is -3.67. The lowest BCUT2D eigenvalue weighted by Gasteiger charge is -2.27. The third-order valence-corrected chi connectivity index (χ3v) is 6.58. The van der Waals surface area contributed by atoms with Gasteiger partial charge in [0, 0.05) is 25.3 Å². The highest BCUT2D eigenvalue weighted by molar-refractivity contribution is 7.89.